The molecule has 0 spiro atoms. The fourth-order valence-corrected chi connectivity index (χ4v) is 1.66. The molecule has 0 fully saturated rings. The van der Waals surface area contributed by atoms with Gasteiger partial charge in [-0.05, 0) is 44.1 Å². The second kappa shape index (κ2) is 5.93. The van der Waals surface area contributed by atoms with Crippen molar-refractivity contribution in [1.82, 2.24) is 4.90 Å². The highest BCUT2D eigenvalue weighted by Gasteiger charge is 2.26. The summed E-state index contributed by atoms with van der Waals surface area (Å²) in [5.41, 5.74) is 7.13. The minimum Gasteiger partial charge on any atom is -0.492 e. The van der Waals surface area contributed by atoms with E-state index in [1.54, 1.807) is 0 Å². The standard InChI is InChI=1S/C16H28N2O/c1-15(2,3)13-8-7-9-14(10-13)19-12-16(4,11-17)18(5)6/h7-10H,11-12,17H2,1-6H3. The molecule has 0 aliphatic rings. The Morgan fingerprint density at radius 3 is 2.26 bits per heavy atom. The van der Waals surface area contributed by atoms with Gasteiger partial charge in [-0.25, -0.2) is 0 Å². The average molecular weight is 264 g/mol. The third-order valence-corrected chi connectivity index (χ3v) is 3.77. The highest BCUT2D eigenvalue weighted by molar-refractivity contribution is 5.32. The van der Waals surface area contributed by atoms with Crippen molar-refractivity contribution < 1.29 is 4.74 Å². The van der Waals surface area contributed by atoms with Crippen molar-refractivity contribution >= 4 is 0 Å². The van der Waals surface area contributed by atoms with Gasteiger partial charge in [0.25, 0.3) is 0 Å². The van der Waals surface area contributed by atoms with Crippen molar-refractivity contribution in [3.63, 3.8) is 0 Å². The van der Waals surface area contributed by atoms with Crippen molar-refractivity contribution in [1.29, 1.82) is 0 Å². The lowest BCUT2D eigenvalue weighted by Crippen LogP contribution is -2.52. The smallest absolute Gasteiger partial charge is 0.119 e. The van der Waals surface area contributed by atoms with Crippen LogP contribution in [-0.2, 0) is 5.41 Å². The molecule has 0 radical (unpaired) electrons. The minimum atomic E-state index is -0.141. The Bertz CT molecular complexity index is 409. The minimum absolute atomic E-state index is 0.137. The van der Waals surface area contributed by atoms with Gasteiger partial charge in [0.15, 0.2) is 0 Å². The number of nitrogens with two attached hydrogens (primary N) is 1. The molecule has 0 aromatic heterocycles. The maximum atomic E-state index is 5.94. The van der Waals surface area contributed by atoms with Gasteiger partial charge in [0.05, 0.1) is 5.54 Å². The molecule has 3 heteroatoms. The molecular weight excluding hydrogens is 236 g/mol. The first-order valence-corrected chi connectivity index (χ1v) is 6.80. The predicted octanol–water partition coefficient (Wildman–Crippen LogP) is 2.64. The number of benzene rings is 1. The van der Waals surface area contributed by atoms with Gasteiger partial charge in [0.2, 0.25) is 0 Å². The maximum absolute atomic E-state index is 5.94. The molecule has 1 aromatic rings. The summed E-state index contributed by atoms with van der Waals surface area (Å²) in [6.07, 6.45) is 0. The molecule has 0 amide bonds. The van der Waals surface area contributed by atoms with Gasteiger partial charge >= 0.3 is 0 Å². The highest BCUT2D eigenvalue weighted by atomic mass is 16.5. The van der Waals surface area contributed by atoms with E-state index < -0.39 is 0 Å². The van der Waals surface area contributed by atoms with Gasteiger partial charge in [0.1, 0.15) is 12.4 Å². The summed E-state index contributed by atoms with van der Waals surface area (Å²) in [5.74, 6) is 0.911. The normalized spacial score (nSPS) is 15.4. The monoisotopic (exact) mass is 264 g/mol. The van der Waals surface area contributed by atoms with Crippen LogP contribution in [0.2, 0.25) is 0 Å². The molecule has 2 N–H and O–H groups in total. The Morgan fingerprint density at radius 2 is 1.79 bits per heavy atom. The molecular formula is C16H28N2O. The zero-order valence-corrected chi connectivity index (χ0v) is 13.2. The van der Waals surface area contributed by atoms with Gasteiger partial charge in [-0.15, -0.1) is 0 Å². The Morgan fingerprint density at radius 1 is 1.16 bits per heavy atom. The number of rotatable bonds is 5. The molecule has 0 aliphatic carbocycles. The Balaban J connectivity index is 2.79. The van der Waals surface area contributed by atoms with Crippen LogP contribution in [0, 0.1) is 0 Å². The molecule has 0 heterocycles. The average Bonchev–Trinajstić information content (AvgIpc) is 2.35. The second-order valence-electron chi connectivity index (χ2n) is 6.66. The highest BCUT2D eigenvalue weighted by Crippen LogP contribution is 2.26. The van der Waals surface area contributed by atoms with Crippen LogP contribution in [0.1, 0.15) is 33.3 Å². The van der Waals surface area contributed by atoms with Crippen LogP contribution in [-0.4, -0.2) is 37.7 Å². The first-order valence-electron chi connectivity index (χ1n) is 6.80. The van der Waals surface area contributed by atoms with Crippen molar-refractivity contribution in [3.05, 3.63) is 29.8 Å². The van der Waals surface area contributed by atoms with Crippen LogP contribution in [0.15, 0.2) is 24.3 Å². The van der Waals surface area contributed by atoms with Gasteiger partial charge in [0, 0.05) is 6.54 Å². The molecule has 108 valence electrons. The van der Waals surface area contributed by atoms with Crippen LogP contribution in [0.3, 0.4) is 0 Å². The van der Waals surface area contributed by atoms with E-state index in [1.165, 1.54) is 5.56 Å². The number of nitrogens with zero attached hydrogens (tertiary/aromatic N) is 1. The lowest BCUT2D eigenvalue weighted by Gasteiger charge is -2.35. The molecule has 1 aromatic carbocycles. The van der Waals surface area contributed by atoms with E-state index in [4.69, 9.17) is 10.5 Å². The summed E-state index contributed by atoms with van der Waals surface area (Å²) in [4.78, 5) is 2.11. The lowest BCUT2D eigenvalue weighted by atomic mass is 9.87. The Hall–Kier alpha value is -1.06. The number of hydrogen-bond donors (Lipinski definition) is 1. The first-order chi connectivity index (χ1) is 8.69. The number of likely N-dealkylation sites (N-methyl/N-ethyl adjacent to an activating group) is 1. The molecule has 19 heavy (non-hydrogen) atoms. The molecule has 1 atom stereocenters. The quantitative estimate of drug-likeness (QED) is 0.888. The number of hydrogen-bond acceptors (Lipinski definition) is 3. The van der Waals surface area contributed by atoms with Crippen LogP contribution >= 0.6 is 0 Å². The molecule has 3 nitrogen and oxygen atoms in total. The van der Waals surface area contributed by atoms with E-state index in [0.717, 1.165) is 5.75 Å². The summed E-state index contributed by atoms with van der Waals surface area (Å²) in [5, 5.41) is 0. The summed E-state index contributed by atoms with van der Waals surface area (Å²) in [6.45, 7) is 9.88. The van der Waals surface area contributed by atoms with Crippen LogP contribution in [0.25, 0.3) is 0 Å². The molecule has 1 rings (SSSR count). The van der Waals surface area contributed by atoms with Crippen molar-refractivity contribution in [2.24, 2.45) is 5.73 Å². The van der Waals surface area contributed by atoms with E-state index in [9.17, 15) is 0 Å². The second-order valence-corrected chi connectivity index (χ2v) is 6.66. The van der Waals surface area contributed by atoms with Crippen molar-refractivity contribution in [2.75, 3.05) is 27.2 Å². The van der Waals surface area contributed by atoms with Gasteiger partial charge in [-0.2, -0.15) is 0 Å². The Labute approximate surface area is 117 Å². The molecule has 0 saturated carbocycles. The largest absolute Gasteiger partial charge is 0.492 e. The van der Waals surface area contributed by atoms with Crippen LogP contribution < -0.4 is 10.5 Å². The SMILES string of the molecule is CN(C)C(C)(CN)COc1cccc(C(C)(C)C)c1. The van der Waals surface area contributed by atoms with Crippen LogP contribution in [0.4, 0.5) is 0 Å². The van der Waals surface area contributed by atoms with E-state index in [-0.39, 0.29) is 11.0 Å². The fraction of sp³-hybridized carbons (Fsp3) is 0.625. The maximum Gasteiger partial charge on any atom is 0.119 e. The third-order valence-electron chi connectivity index (χ3n) is 3.77. The molecule has 1 unspecified atom stereocenters. The summed E-state index contributed by atoms with van der Waals surface area (Å²) in [6, 6.07) is 8.31. The van der Waals surface area contributed by atoms with Crippen molar-refractivity contribution in [3.8, 4) is 5.75 Å². The first kappa shape index (κ1) is 16.0. The van der Waals surface area contributed by atoms with E-state index in [0.29, 0.717) is 13.2 Å². The topological polar surface area (TPSA) is 38.5 Å². The predicted molar refractivity (Wildman–Crippen MR) is 81.8 cm³/mol. The zero-order chi connectivity index (χ0) is 14.7. The van der Waals surface area contributed by atoms with Gasteiger partial charge in [-0.3, -0.25) is 4.90 Å². The van der Waals surface area contributed by atoms with E-state index in [1.807, 2.05) is 26.2 Å². The lowest BCUT2D eigenvalue weighted by molar-refractivity contribution is 0.104. The third kappa shape index (κ3) is 4.22. The van der Waals surface area contributed by atoms with Crippen LogP contribution in [0.5, 0.6) is 5.75 Å². The Kier molecular flexibility index (Phi) is 4.99. The van der Waals surface area contributed by atoms with Gasteiger partial charge < -0.3 is 10.5 Å². The molecule has 0 aliphatic heterocycles. The molecule has 0 saturated heterocycles. The van der Waals surface area contributed by atoms with Crippen molar-refractivity contribution in [2.45, 2.75) is 38.6 Å². The zero-order valence-electron chi connectivity index (χ0n) is 13.2. The van der Waals surface area contributed by atoms with E-state index >= 15 is 0 Å². The molecule has 0 bridgehead atoms. The summed E-state index contributed by atoms with van der Waals surface area (Å²) < 4.78 is 5.94. The van der Waals surface area contributed by atoms with E-state index in [2.05, 4.69) is 44.7 Å². The number of ether oxygens (including phenoxy) is 1. The van der Waals surface area contributed by atoms with Gasteiger partial charge in [-0.1, -0.05) is 32.9 Å². The summed E-state index contributed by atoms with van der Waals surface area (Å²) in [7, 11) is 4.06. The fourth-order valence-electron chi connectivity index (χ4n) is 1.66. The summed E-state index contributed by atoms with van der Waals surface area (Å²) >= 11 is 0.